The lowest BCUT2D eigenvalue weighted by Gasteiger charge is -2.48. The Bertz CT molecular complexity index is 1820. The van der Waals surface area contributed by atoms with Crippen LogP contribution in [0, 0.1) is 0 Å². The zero-order chi connectivity index (χ0) is 39.2. The van der Waals surface area contributed by atoms with E-state index in [4.69, 9.17) is 4.43 Å². The van der Waals surface area contributed by atoms with Gasteiger partial charge in [-0.2, -0.15) is 52.7 Å². The van der Waals surface area contributed by atoms with E-state index in [-0.39, 0.29) is 31.5 Å². The molecule has 1 aliphatic heterocycles. The summed E-state index contributed by atoms with van der Waals surface area (Å²) >= 11 is 0. The Kier molecular flexibility index (Phi) is 10.3. The van der Waals surface area contributed by atoms with Crippen molar-refractivity contribution in [2.45, 2.75) is 49.2 Å². The summed E-state index contributed by atoms with van der Waals surface area (Å²) in [5, 5.41) is 4.05. The van der Waals surface area contributed by atoms with E-state index in [2.05, 4.69) is 5.32 Å². The second kappa shape index (κ2) is 14.2. The Labute approximate surface area is 302 Å². The molecule has 2 nitrogen and oxygen atoms in total. The first kappa shape index (κ1) is 39.1. The zero-order valence-electron chi connectivity index (χ0n) is 27.8. The molecule has 1 fully saturated rings. The van der Waals surface area contributed by atoms with Crippen molar-refractivity contribution in [2.75, 3.05) is 6.54 Å². The number of alkyl halides is 12. The molecule has 0 radical (unpaired) electrons. The molecule has 0 unspecified atom stereocenters. The van der Waals surface area contributed by atoms with Gasteiger partial charge in [-0.15, -0.1) is 0 Å². The lowest BCUT2D eigenvalue weighted by atomic mass is 9.77. The number of rotatable bonds is 8. The standard InChI is InChI=1S/C39H29F12NOSi/c40-36(41,42)27-19-25(20-28(23-27)37(43,44)45)35(34-17-10-18-52-34,26-21-29(38(46,47)48)24-30(22-26)39(49,50)51)53-54(31-11-4-1-5-12-31,32-13-6-2-7-14-32)33-15-8-3-9-16-33/h1-9,11-16,19-24,34,52H,10,17-18H2/t34-/m0/s1. The molecule has 5 aromatic rings. The third-order valence-corrected chi connectivity index (χ3v) is 13.5. The Morgan fingerprint density at radius 1 is 0.444 bits per heavy atom. The van der Waals surface area contributed by atoms with E-state index in [0.29, 0.717) is 39.8 Å². The van der Waals surface area contributed by atoms with Gasteiger partial charge in [0.15, 0.2) is 0 Å². The molecule has 0 amide bonds. The van der Waals surface area contributed by atoms with Gasteiger partial charge in [0.25, 0.3) is 8.32 Å². The fourth-order valence-electron chi connectivity index (χ4n) is 7.07. The fraction of sp³-hybridized carbons (Fsp3) is 0.231. The van der Waals surface area contributed by atoms with Crippen molar-refractivity contribution in [2.24, 2.45) is 0 Å². The van der Waals surface area contributed by atoms with Crippen molar-refractivity contribution in [3.63, 3.8) is 0 Å². The third-order valence-electron chi connectivity index (χ3n) is 9.44. The second-order valence-corrected chi connectivity index (χ2v) is 16.2. The molecule has 1 heterocycles. The summed E-state index contributed by atoms with van der Waals surface area (Å²) in [5.41, 5.74) is -12.0. The average molecular weight is 784 g/mol. The highest BCUT2D eigenvalue weighted by atomic mass is 28.4. The molecule has 5 aromatic carbocycles. The fourth-order valence-corrected chi connectivity index (χ4v) is 11.3. The van der Waals surface area contributed by atoms with Crippen LogP contribution >= 0.6 is 0 Å². The Morgan fingerprint density at radius 2 is 0.741 bits per heavy atom. The maximum atomic E-state index is 14.6. The van der Waals surface area contributed by atoms with E-state index >= 15 is 0 Å². The molecule has 1 atom stereocenters. The van der Waals surface area contributed by atoms with Gasteiger partial charge >= 0.3 is 24.7 Å². The highest BCUT2D eigenvalue weighted by molar-refractivity contribution is 7.07. The summed E-state index contributed by atoms with van der Waals surface area (Å²) in [5.74, 6) is 0. The summed E-state index contributed by atoms with van der Waals surface area (Å²) in [6.45, 7) is 0.0719. The Morgan fingerprint density at radius 3 is 1.00 bits per heavy atom. The normalized spacial score (nSPS) is 16.1. The predicted molar refractivity (Wildman–Crippen MR) is 180 cm³/mol. The van der Waals surface area contributed by atoms with Gasteiger partial charge < -0.3 is 9.74 Å². The minimum absolute atomic E-state index is 0.0719. The van der Waals surface area contributed by atoms with Crippen LogP contribution < -0.4 is 20.9 Å². The summed E-state index contributed by atoms with van der Waals surface area (Å²) in [4.78, 5) is 0. The van der Waals surface area contributed by atoms with Crippen molar-refractivity contribution >= 4 is 23.9 Å². The first-order valence-electron chi connectivity index (χ1n) is 16.5. The van der Waals surface area contributed by atoms with Crippen LogP contribution in [0.2, 0.25) is 0 Å². The molecule has 0 aromatic heterocycles. The predicted octanol–water partition coefficient (Wildman–Crippen LogP) is 9.44. The molecule has 0 saturated carbocycles. The molecule has 1 N–H and O–H groups in total. The first-order chi connectivity index (χ1) is 25.3. The van der Waals surface area contributed by atoms with Gasteiger partial charge in [0, 0.05) is 6.04 Å². The van der Waals surface area contributed by atoms with Crippen LogP contribution in [0.4, 0.5) is 52.7 Å². The van der Waals surface area contributed by atoms with E-state index in [1.807, 2.05) is 0 Å². The van der Waals surface area contributed by atoms with Gasteiger partial charge in [-0.3, -0.25) is 0 Å². The molecule has 0 aliphatic carbocycles. The van der Waals surface area contributed by atoms with E-state index < -0.39 is 78.0 Å². The van der Waals surface area contributed by atoms with Crippen molar-refractivity contribution in [1.29, 1.82) is 0 Å². The summed E-state index contributed by atoms with van der Waals surface area (Å²) < 4.78 is 182. The van der Waals surface area contributed by atoms with E-state index in [1.165, 1.54) is 0 Å². The second-order valence-electron chi connectivity index (χ2n) is 12.9. The van der Waals surface area contributed by atoms with Crippen LogP contribution in [0.3, 0.4) is 0 Å². The lowest BCUT2D eigenvalue weighted by molar-refractivity contribution is -0.144. The van der Waals surface area contributed by atoms with Gasteiger partial charge in [-0.05, 0) is 82.5 Å². The summed E-state index contributed by atoms with van der Waals surface area (Å²) in [7, 11) is -4.41. The third kappa shape index (κ3) is 7.53. The highest BCUT2D eigenvalue weighted by Gasteiger charge is 2.56. The van der Waals surface area contributed by atoms with Crippen LogP contribution in [-0.2, 0) is 34.7 Å². The van der Waals surface area contributed by atoms with E-state index in [9.17, 15) is 52.7 Å². The topological polar surface area (TPSA) is 21.3 Å². The van der Waals surface area contributed by atoms with E-state index in [1.54, 1.807) is 91.0 Å². The van der Waals surface area contributed by atoms with Gasteiger partial charge in [0.1, 0.15) is 5.60 Å². The van der Waals surface area contributed by atoms with Crippen molar-refractivity contribution in [1.82, 2.24) is 5.32 Å². The van der Waals surface area contributed by atoms with Crippen molar-refractivity contribution < 1.29 is 57.1 Å². The molecular weight excluding hydrogens is 754 g/mol. The average Bonchev–Trinajstić information content (AvgIpc) is 3.67. The van der Waals surface area contributed by atoms with Crippen LogP contribution in [0.5, 0.6) is 0 Å². The molecule has 6 rings (SSSR count). The number of benzene rings is 5. The SMILES string of the molecule is FC(F)(F)c1cc(C(F)(F)F)cc(C(O[Si](c2ccccc2)(c2ccccc2)c2ccccc2)(c2cc(C(F)(F)F)cc(C(F)(F)F)c2)[C@@H]2CCCN2)c1. The molecule has 1 aliphatic rings. The molecule has 54 heavy (non-hydrogen) atoms. The largest absolute Gasteiger partial charge is 0.416 e. The molecule has 1 saturated heterocycles. The lowest BCUT2D eigenvalue weighted by Crippen LogP contribution is -2.73. The van der Waals surface area contributed by atoms with Crippen LogP contribution in [0.1, 0.15) is 46.2 Å². The van der Waals surface area contributed by atoms with Crippen molar-refractivity contribution in [3.05, 3.63) is 161 Å². The highest BCUT2D eigenvalue weighted by Crippen LogP contribution is 2.49. The maximum Gasteiger partial charge on any atom is 0.416 e. The minimum Gasteiger partial charge on any atom is -0.389 e. The molecule has 284 valence electrons. The maximum absolute atomic E-state index is 14.6. The number of halogens is 12. The van der Waals surface area contributed by atoms with Crippen LogP contribution in [-0.4, -0.2) is 20.9 Å². The molecule has 15 heteroatoms. The van der Waals surface area contributed by atoms with Crippen molar-refractivity contribution in [3.8, 4) is 0 Å². The number of hydrogen-bond acceptors (Lipinski definition) is 2. The summed E-state index contributed by atoms with van der Waals surface area (Å²) in [6.07, 6.45) is -21.6. The molecule has 0 spiro atoms. The summed E-state index contributed by atoms with van der Waals surface area (Å²) in [6, 6.07) is 23.6. The van der Waals surface area contributed by atoms with Gasteiger partial charge in [-0.25, -0.2) is 0 Å². The minimum atomic E-state index is -5.43. The van der Waals surface area contributed by atoms with Crippen LogP contribution in [0.15, 0.2) is 127 Å². The zero-order valence-corrected chi connectivity index (χ0v) is 28.8. The van der Waals surface area contributed by atoms with Gasteiger partial charge in [0.2, 0.25) is 0 Å². The van der Waals surface area contributed by atoms with E-state index in [0.717, 1.165) is 0 Å². The van der Waals surface area contributed by atoms with Gasteiger partial charge in [0.05, 0.1) is 22.3 Å². The van der Waals surface area contributed by atoms with Crippen LogP contribution in [0.25, 0.3) is 0 Å². The Hall–Kier alpha value is -4.60. The quantitative estimate of drug-likeness (QED) is 0.0963. The molecule has 0 bridgehead atoms. The Balaban J connectivity index is 1.87. The molecular formula is C39H29F12NOSi. The number of nitrogens with one attached hydrogen (secondary N) is 1. The monoisotopic (exact) mass is 783 g/mol. The first-order valence-corrected chi connectivity index (χ1v) is 18.4. The number of hydrogen-bond donors (Lipinski definition) is 1. The smallest absolute Gasteiger partial charge is 0.389 e. The van der Waals surface area contributed by atoms with Gasteiger partial charge in [-0.1, -0.05) is 91.0 Å².